The van der Waals surface area contributed by atoms with Crippen LogP contribution in [-0.4, -0.2) is 18.9 Å². The molecule has 4 N–H and O–H groups in total. The number of benzene rings is 2. The monoisotopic (exact) mass is 384 g/mol. The third-order valence-corrected chi connectivity index (χ3v) is 4.41. The van der Waals surface area contributed by atoms with Crippen molar-refractivity contribution in [3.05, 3.63) is 47.0 Å². The van der Waals surface area contributed by atoms with Gasteiger partial charge in [0.25, 0.3) is 16.0 Å². The van der Waals surface area contributed by atoms with Gasteiger partial charge >= 0.3 is 0 Å². The first-order valence-corrected chi connectivity index (χ1v) is 8.35. The molecule has 116 valence electrons. The molecule has 6 nitrogen and oxygen atoms in total. The molecule has 0 bridgehead atoms. The molecule has 2 rings (SSSR count). The summed E-state index contributed by atoms with van der Waals surface area (Å²) in [5, 5.41) is 3.51. The summed E-state index contributed by atoms with van der Waals surface area (Å²) in [4.78, 5) is 11.2. The van der Waals surface area contributed by atoms with Crippen LogP contribution in [0.5, 0.6) is 0 Å². The second kappa shape index (κ2) is 6.07. The van der Waals surface area contributed by atoms with Gasteiger partial charge in [-0.25, -0.2) is 0 Å². The second-order valence-corrected chi connectivity index (χ2v) is 6.87. The zero-order chi connectivity index (χ0) is 16.5. The highest BCUT2D eigenvalue weighted by atomic mass is 79.9. The van der Waals surface area contributed by atoms with Gasteiger partial charge in [-0.05, 0) is 32.9 Å². The predicted octanol–water partition coefficient (Wildman–Crippen LogP) is 2.19. The Hall–Kier alpha value is -1.90. The van der Waals surface area contributed by atoms with Crippen molar-refractivity contribution >= 4 is 48.4 Å². The zero-order valence-corrected chi connectivity index (χ0v) is 13.7. The number of fused-ring (bicyclic) bond motifs is 1. The summed E-state index contributed by atoms with van der Waals surface area (Å²) < 4.78 is 32.6. The Morgan fingerprint density at radius 3 is 2.55 bits per heavy atom. The van der Waals surface area contributed by atoms with Gasteiger partial charge < -0.3 is 11.1 Å². The van der Waals surface area contributed by atoms with Crippen LogP contribution in [0.1, 0.15) is 5.56 Å². The standard InChI is InChI=1S/C14H13BrN2O4S/c1-8(15)14(18)17-7-9-3-2-4-11-10(9)5-6-12(16)13(11)22(19,20)21/h2-6H,1,7,16H2,(H,17,18)(H,19,20,21). The van der Waals surface area contributed by atoms with Crippen molar-refractivity contribution in [3.63, 3.8) is 0 Å². The van der Waals surface area contributed by atoms with E-state index in [1.807, 2.05) is 0 Å². The first kappa shape index (κ1) is 16.5. The van der Waals surface area contributed by atoms with E-state index in [2.05, 4.69) is 27.8 Å². The molecule has 0 saturated heterocycles. The molecule has 2 aromatic carbocycles. The van der Waals surface area contributed by atoms with Crippen LogP contribution < -0.4 is 11.1 Å². The number of carbonyl (C=O) groups excluding carboxylic acids is 1. The molecule has 0 aliphatic heterocycles. The molecular weight excluding hydrogens is 372 g/mol. The van der Waals surface area contributed by atoms with E-state index >= 15 is 0 Å². The molecule has 0 saturated carbocycles. The van der Waals surface area contributed by atoms with Crippen LogP contribution in [0.3, 0.4) is 0 Å². The number of halogens is 1. The van der Waals surface area contributed by atoms with Gasteiger partial charge in [-0.15, -0.1) is 0 Å². The van der Waals surface area contributed by atoms with Crippen LogP contribution in [0.25, 0.3) is 10.8 Å². The molecule has 0 spiro atoms. The maximum atomic E-state index is 11.5. The third kappa shape index (κ3) is 3.29. The summed E-state index contributed by atoms with van der Waals surface area (Å²) in [6.07, 6.45) is 0. The van der Waals surface area contributed by atoms with E-state index in [9.17, 15) is 17.8 Å². The maximum Gasteiger partial charge on any atom is 0.297 e. The molecule has 0 heterocycles. The molecule has 8 heteroatoms. The molecular formula is C14H13BrN2O4S. The third-order valence-electron chi connectivity index (χ3n) is 3.08. The van der Waals surface area contributed by atoms with Gasteiger partial charge in [0.1, 0.15) is 4.90 Å². The summed E-state index contributed by atoms with van der Waals surface area (Å²) in [7, 11) is -4.46. The quantitative estimate of drug-likeness (QED) is 0.425. The summed E-state index contributed by atoms with van der Waals surface area (Å²) in [5.41, 5.74) is 6.31. The molecule has 2 aromatic rings. The Kier molecular flexibility index (Phi) is 4.55. The van der Waals surface area contributed by atoms with Crippen LogP contribution in [0, 0.1) is 0 Å². The van der Waals surface area contributed by atoms with Crippen molar-refractivity contribution in [3.8, 4) is 0 Å². The number of amides is 1. The Bertz CT molecular complexity index is 878. The summed E-state index contributed by atoms with van der Waals surface area (Å²) in [6, 6.07) is 7.96. The number of hydrogen-bond acceptors (Lipinski definition) is 4. The first-order valence-electron chi connectivity index (χ1n) is 6.12. The Balaban J connectivity index is 2.56. The van der Waals surface area contributed by atoms with E-state index in [1.165, 1.54) is 6.07 Å². The predicted molar refractivity (Wildman–Crippen MR) is 88.1 cm³/mol. The number of carbonyl (C=O) groups is 1. The molecule has 0 fully saturated rings. The second-order valence-electron chi connectivity index (χ2n) is 4.56. The number of rotatable bonds is 4. The smallest absolute Gasteiger partial charge is 0.297 e. The average molecular weight is 385 g/mol. The van der Waals surface area contributed by atoms with Crippen molar-refractivity contribution in [2.75, 3.05) is 5.73 Å². The van der Waals surface area contributed by atoms with Crippen LogP contribution in [-0.2, 0) is 21.5 Å². The van der Waals surface area contributed by atoms with Gasteiger partial charge in [0, 0.05) is 11.9 Å². The van der Waals surface area contributed by atoms with Gasteiger partial charge in [0.05, 0.1) is 10.2 Å². The minimum absolute atomic E-state index is 0.0370. The first-order chi connectivity index (χ1) is 10.2. The fourth-order valence-corrected chi connectivity index (χ4v) is 3.09. The summed E-state index contributed by atoms with van der Waals surface area (Å²) in [5.74, 6) is -0.373. The lowest BCUT2D eigenvalue weighted by atomic mass is 10.0. The topological polar surface area (TPSA) is 109 Å². The van der Waals surface area contributed by atoms with E-state index in [0.29, 0.717) is 16.3 Å². The summed E-state index contributed by atoms with van der Waals surface area (Å²) in [6.45, 7) is 3.64. The van der Waals surface area contributed by atoms with Gasteiger partial charge in [0.15, 0.2) is 0 Å². The van der Waals surface area contributed by atoms with E-state index in [1.54, 1.807) is 24.3 Å². The highest BCUT2D eigenvalue weighted by molar-refractivity contribution is 9.12. The van der Waals surface area contributed by atoms with Gasteiger partial charge in [0.2, 0.25) is 0 Å². The van der Waals surface area contributed by atoms with Crippen LogP contribution in [0.4, 0.5) is 5.69 Å². The van der Waals surface area contributed by atoms with Crippen molar-refractivity contribution in [2.45, 2.75) is 11.4 Å². The largest absolute Gasteiger partial charge is 0.398 e. The zero-order valence-electron chi connectivity index (χ0n) is 11.3. The Labute approximate surface area is 135 Å². The van der Waals surface area contributed by atoms with Gasteiger partial charge in [-0.3, -0.25) is 9.35 Å². The van der Waals surface area contributed by atoms with E-state index in [-0.39, 0.29) is 27.5 Å². The lowest BCUT2D eigenvalue weighted by Gasteiger charge is -2.11. The summed E-state index contributed by atoms with van der Waals surface area (Å²) >= 11 is 2.97. The highest BCUT2D eigenvalue weighted by Gasteiger charge is 2.19. The van der Waals surface area contributed by atoms with Crippen LogP contribution in [0.15, 0.2) is 46.3 Å². The number of anilines is 1. The van der Waals surface area contributed by atoms with E-state index < -0.39 is 10.1 Å². The average Bonchev–Trinajstić information content (AvgIpc) is 2.42. The van der Waals surface area contributed by atoms with Crippen molar-refractivity contribution < 1.29 is 17.8 Å². The fourth-order valence-electron chi connectivity index (χ4n) is 2.13. The van der Waals surface area contributed by atoms with Crippen LogP contribution >= 0.6 is 15.9 Å². The minimum Gasteiger partial charge on any atom is -0.398 e. The number of hydrogen-bond donors (Lipinski definition) is 3. The molecule has 0 aliphatic carbocycles. The van der Waals surface area contributed by atoms with Crippen LogP contribution in [0.2, 0.25) is 0 Å². The van der Waals surface area contributed by atoms with Gasteiger partial charge in [-0.1, -0.05) is 30.8 Å². The molecule has 0 atom stereocenters. The molecule has 0 radical (unpaired) electrons. The number of nitrogen functional groups attached to an aromatic ring is 1. The van der Waals surface area contributed by atoms with Crippen molar-refractivity contribution in [1.82, 2.24) is 5.32 Å². The number of nitrogens with two attached hydrogens (primary N) is 1. The normalized spacial score (nSPS) is 11.4. The highest BCUT2D eigenvalue weighted by Crippen LogP contribution is 2.30. The van der Waals surface area contributed by atoms with E-state index in [0.717, 1.165) is 0 Å². The molecule has 22 heavy (non-hydrogen) atoms. The lowest BCUT2D eigenvalue weighted by molar-refractivity contribution is -0.116. The van der Waals surface area contributed by atoms with Gasteiger partial charge in [-0.2, -0.15) is 8.42 Å². The Morgan fingerprint density at radius 1 is 1.27 bits per heavy atom. The SMILES string of the molecule is C=C(Br)C(=O)NCc1cccc2c(S(=O)(=O)O)c(N)ccc12. The minimum atomic E-state index is -4.46. The van der Waals surface area contributed by atoms with Crippen molar-refractivity contribution in [1.29, 1.82) is 0 Å². The molecule has 0 unspecified atom stereocenters. The molecule has 0 aromatic heterocycles. The van der Waals surface area contributed by atoms with Crippen molar-refractivity contribution in [2.24, 2.45) is 0 Å². The molecule has 1 amide bonds. The van der Waals surface area contributed by atoms with E-state index in [4.69, 9.17) is 5.73 Å². The number of nitrogens with one attached hydrogen (secondary N) is 1. The maximum absolute atomic E-state index is 11.5. The Morgan fingerprint density at radius 2 is 1.95 bits per heavy atom. The lowest BCUT2D eigenvalue weighted by Crippen LogP contribution is -2.22. The fraction of sp³-hybridized carbons (Fsp3) is 0.0714. The molecule has 0 aliphatic rings.